The average Bonchev–Trinajstić information content (AvgIpc) is 3.11. The molecule has 6 heteroatoms. The number of rotatable bonds is 3. The predicted octanol–water partition coefficient (Wildman–Crippen LogP) is 2.21. The number of hydrogen-bond donors (Lipinski definition) is 2. The Morgan fingerprint density at radius 1 is 1.38 bits per heavy atom. The van der Waals surface area contributed by atoms with Crippen LogP contribution in [-0.4, -0.2) is 31.1 Å². The van der Waals surface area contributed by atoms with Gasteiger partial charge in [0.25, 0.3) is 0 Å². The molecule has 0 spiro atoms. The summed E-state index contributed by atoms with van der Waals surface area (Å²) in [6.45, 7) is 0. The maximum atomic E-state index is 12.3. The van der Waals surface area contributed by atoms with Gasteiger partial charge in [0.15, 0.2) is 0 Å². The van der Waals surface area contributed by atoms with Crippen LogP contribution < -0.4 is 10.6 Å². The molecule has 0 radical (unpaired) electrons. The molecule has 0 aliphatic carbocycles. The number of halogens is 1. The van der Waals surface area contributed by atoms with Crippen molar-refractivity contribution < 1.29 is 14.3 Å². The fourth-order valence-electron chi connectivity index (χ4n) is 3.22. The third-order valence-electron chi connectivity index (χ3n) is 4.28. The third kappa shape index (κ3) is 2.76. The minimum Gasteiger partial charge on any atom is -0.465 e. The average molecular weight is 309 g/mol. The molecule has 5 nitrogen and oxygen atoms in total. The lowest BCUT2D eigenvalue weighted by atomic mass is 9.88. The molecule has 21 heavy (non-hydrogen) atoms. The highest BCUT2D eigenvalue weighted by Gasteiger charge is 2.42. The summed E-state index contributed by atoms with van der Waals surface area (Å²) in [5.41, 5.74) is 0.815. The molecule has 3 unspecified atom stereocenters. The van der Waals surface area contributed by atoms with Gasteiger partial charge in [-0.25, -0.2) is 4.79 Å². The lowest BCUT2D eigenvalue weighted by Crippen LogP contribution is -2.32. The lowest BCUT2D eigenvalue weighted by Gasteiger charge is -2.19. The number of nitrogens with one attached hydrogen (secondary N) is 2. The van der Waals surface area contributed by atoms with Crippen LogP contribution in [0.2, 0.25) is 5.02 Å². The number of hydrogen-bond acceptors (Lipinski definition) is 4. The molecule has 0 aromatic heterocycles. The van der Waals surface area contributed by atoms with Gasteiger partial charge in [-0.1, -0.05) is 11.6 Å². The second-order valence-electron chi connectivity index (χ2n) is 5.57. The van der Waals surface area contributed by atoms with Crippen molar-refractivity contribution in [1.82, 2.24) is 5.32 Å². The van der Waals surface area contributed by atoms with E-state index in [4.69, 9.17) is 11.6 Å². The Morgan fingerprint density at radius 3 is 2.81 bits per heavy atom. The quantitative estimate of drug-likeness (QED) is 0.840. The second kappa shape index (κ2) is 5.66. The molecule has 3 atom stereocenters. The molecule has 2 aliphatic rings. The topological polar surface area (TPSA) is 67.4 Å². The summed E-state index contributed by atoms with van der Waals surface area (Å²) in [6.07, 6.45) is 3.09. The predicted molar refractivity (Wildman–Crippen MR) is 79.5 cm³/mol. The summed E-state index contributed by atoms with van der Waals surface area (Å²) >= 11 is 5.96. The first kappa shape index (κ1) is 14.4. The van der Waals surface area contributed by atoms with Crippen LogP contribution in [0, 0.1) is 5.92 Å². The number of amides is 1. The molecule has 2 heterocycles. The first-order valence-electron chi connectivity index (χ1n) is 7.03. The summed E-state index contributed by atoms with van der Waals surface area (Å²) < 4.78 is 4.67. The highest BCUT2D eigenvalue weighted by atomic mass is 35.5. The van der Waals surface area contributed by atoms with Gasteiger partial charge in [-0.05, 0) is 37.5 Å². The standard InChI is InChI=1S/C15H17ClN2O3/c1-21-15(20)10-6-9(2-4-12(10)16)18-14(19)11-7-8-3-5-13(11)17-8/h2,4,6,8,11,13,17H,3,5,7H2,1H3,(H,18,19). The molecule has 1 amide bonds. The molecular weight excluding hydrogens is 292 g/mol. The number of ether oxygens (including phenoxy) is 1. The maximum Gasteiger partial charge on any atom is 0.339 e. The van der Waals surface area contributed by atoms with Gasteiger partial charge in [0.1, 0.15) is 0 Å². The minimum atomic E-state index is -0.516. The van der Waals surface area contributed by atoms with Gasteiger partial charge in [-0.15, -0.1) is 0 Å². The van der Waals surface area contributed by atoms with Crippen LogP contribution in [0.1, 0.15) is 29.6 Å². The number of carbonyl (C=O) groups excluding carboxylic acids is 2. The zero-order valence-electron chi connectivity index (χ0n) is 11.7. The smallest absolute Gasteiger partial charge is 0.339 e. The van der Waals surface area contributed by atoms with Crippen LogP contribution in [0.25, 0.3) is 0 Å². The van der Waals surface area contributed by atoms with Crippen LogP contribution >= 0.6 is 11.6 Å². The van der Waals surface area contributed by atoms with Gasteiger partial charge >= 0.3 is 5.97 Å². The first-order valence-corrected chi connectivity index (χ1v) is 7.41. The Hall–Kier alpha value is -1.59. The Morgan fingerprint density at radius 2 is 2.19 bits per heavy atom. The Balaban J connectivity index is 1.73. The van der Waals surface area contributed by atoms with Crippen molar-refractivity contribution in [1.29, 1.82) is 0 Å². The van der Waals surface area contributed by atoms with Crippen molar-refractivity contribution in [3.63, 3.8) is 0 Å². The molecule has 2 aliphatic heterocycles. The molecule has 2 N–H and O–H groups in total. The summed E-state index contributed by atoms with van der Waals surface area (Å²) in [6, 6.07) is 5.58. The van der Waals surface area contributed by atoms with E-state index in [1.807, 2.05) is 0 Å². The molecule has 2 bridgehead atoms. The fraction of sp³-hybridized carbons (Fsp3) is 0.467. The Kier molecular flexibility index (Phi) is 3.87. The summed E-state index contributed by atoms with van der Waals surface area (Å²) in [5, 5.41) is 6.61. The van der Waals surface area contributed by atoms with Crippen LogP contribution in [0.5, 0.6) is 0 Å². The van der Waals surface area contributed by atoms with E-state index in [1.165, 1.54) is 7.11 Å². The highest BCUT2D eigenvalue weighted by Crippen LogP contribution is 2.34. The van der Waals surface area contributed by atoms with Gasteiger partial charge < -0.3 is 15.4 Å². The lowest BCUT2D eigenvalue weighted by molar-refractivity contribution is -0.120. The summed E-state index contributed by atoms with van der Waals surface area (Å²) in [5.74, 6) is -0.522. The summed E-state index contributed by atoms with van der Waals surface area (Å²) in [4.78, 5) is 23.9. The van der Waals surface area contributed by atoms with Gasteiger partial charge in [0.05, 0.1) is 23.6 Å². The van der Waals surface area contributed by atoms with Crippen LogP contribution in [0.15, 0.2) is 18.2 Å². The zero-order valence-corrected chi connectivity index (χ0v) is 12.4. The molecule has 0 saturated carbocycles. The van der Waals surface area contributed by atoms with Crippen LogP contribution in [0.3, 0.4) is 0 Å². The van der Waals surface area contributed by atoms with Gasteiger partial charge in [0, 0.05) is 17.8 Å². The number of esters is 1. The molecule has 2 fully saturated rings. The van der Waals surface area contributed by atoms with Gasteiger partial charge in [-0.3, -0.25) is 4.79 Å². The van der Waals surface area contributed by atoms with E-state index in [-0.39, 0.29) is 23.4 Å². The number of methoxy groups -OCH3 is 1. The van der Waals surface area contributed by atoms with Crippen molar-refractivity contribution in [3.05, 3.63) is 28.8 Å². The van der Waals surface area contributed by atoms with E-state index >= 15 is 0 Å². The Bertz CT molecular complexity index is 590. The number of fused-ring (bicyclic) bond motifs is 2. The van der Waals surface area contributed by atoms with Crippen molar-refractivity contribution >= 4 is 29.2 Å². The minimum absolute atomic E-state index is 0.000930. The van der Waals surface area contributed by atoms with Gasteiger partial charge in [0.2, 0.25) is 5.91 Å². The van der Waals surface area contributed by atoms with E-state index in [2.05, 4.69) is 15.4 Å². The monoisotopic (exact) mass is 308 g/mol. The molecule has 1 aromatic rings. The van der Waals surface area contributed by atoms with Crippen molar-refractivity contribution in [3.8, 4) is 0 Å². The first-order chi connectivity index (χ1) is 10.1. The van der Waals surface area contributed by atoms with Crippen molar-refractivity contribution in [2.75, 3.05) is 12.4 Å². The van der Waals surface area contributed by atoms with Crippen molar-refractivity contribution in [2.45, 2.75) is 31.3 Å². The molecule has 112 valence electrons. The second-order valence-corrected chi connectivity index (χ2v) is 5.97. The van der Waals surface area contributed by atoms with E-state index in [1.54, 1.807) is 18.2 Å². The zero-order chi connectivity index (χ0) is 15.0. The number of anilines is 1. The maximum absolute atomic E-state index is 12.3. The molecule has 3 rings (SSSR count). The molecular formula is C15H17ClN2O3. The Labute approximate surface area is 128 Å². The largest absolute Gasteiger partial charge is 0.465 e. The fourth-order valence-corrected chi connectivity index (χ4v) is 3.41. The highest BCUT2D eigenvalue weighted by molar-refractivity contribution is 6.33. The number of carbonyl (C=O) groups is 2. The SMILES string of the molecule is COC(=O)c1cc(NC(=O)C2CC3CCC2N3)ccc1Cl. The van der Waals surface area contributed by atoms with Gasteiger partial charge in [-0.2, -0.15) is 0 Å². The number of benzene rings is 1. The van der Waals surface area contributed by atoms with E-state index in [0.717, 1.165) is 19.3 Å². The van der Waals surface area contributed by atoms with Crippen LogP contribution in [0.4, 0.5) is 5.69 Å². The van der Waals surface area contributed by atoms with E-state index in [0.29, 0.717) is 16.8 Å². The van der Waals surface area contributed by atoms with E-state index < -0.39 is 5.97 Å². The summed E-state index contributed by atoms with van der Waals surface area (Å²) in [7, 11) is 1.30. The normalized spacial score (nSPS) is 26.7. The van der Waals surface area contributed by atoms with Crippen molar-refractivity contribution in [2.24, 2.45) is 5.92 Å². The molecule has 1 aromatic carbocycles. The molecule has 2 saturated heterocycles. The van der Waals surface area contributed by atoms with Crippen LogP contribution in [-0.2, 0) is 9.53 Å². The van der Waals surface area contributed by atoms with E-state index in [9.17, 15) is 9.59 Å². The third-order valence-corrected chi connectivity index (χ3v) is 4.61.